The fourth-order valence-electron chi connectivity index (χ4n) is 2.09. The lowest BCUT2D eigenvalue weighted by molar-refractivity contribution is 0.303. The number of benzene rings is 1. The second kappa shape index (κ2) is 3.28. The molecule has 1 heterocycles. The number of aliphatic hydroxyl groups is 1. The molecule has 2 heteroatoms. The van der Waals surface area contributed by atoms with Gasteiger partial charge in [0.1, 0.15) is 0 Å². The first kappa shape index (κ1) is 9.53. The van der Waals surface area contributed by atoms with Crippen molar-refractivity contribution < 1.29 is 5.11 Å². The SMILES string of the molecule is CC1(C)[CH]N(CCO)c2ccccc21. The maximum atomic E-state index is 8.96. The summed E-state index contributed by atoms with van der Waals surface area (Å²) in [6, 6.07) is 8.37. The molecule has 1 N–H and O–H groups in total. The smallest absolute Gasteiger partial charge is 0.0606 e. The van der Waals surface area contributed by atoms with Crippen LogP contribution >= 0.6 is 0 Å². The molecule has 0 aliphatic carbocycles. The maximum Gasteiger partial charge on any atom is 0.0606 e. The third-order valence-electron chi connectivity index (χ3n) is 2.73. The molecule has 75 valence electrons. The molecule has 0 amide bonds. The van der Waals surface area contributed by atoms with E-state index in [1.165, 1.54) is 11.3 Å². The zero-order valence-electron chi connectivity index (χ0n) is 8.70. The second-order valence-electron chi connectivity index (χ2n) is 4.28. The number of anilines is 1. The van der Waals surface area contributed by atoms with Gasteiger partial charge in [-0.2, -0.15) is 0 Å². The molecule has 2 nitrogen and oxygen atoms in total. The minimum atomic E-state index is 0.0891. The van der Waals surface area contributed by atoms with Gasteiger partial charge in [-0.25, -0.2) is 0 Å². The van der Waals surface area contributed by atoms with E-state index in [0.717, 1.165) is 0 Å². The molecule has 1 aromatic carbocycles. The molecule has 0 unspecified atom stereocenters. The van der Waals surface area contributed by atoms with Gasteiger partial charge >= 0.3 is 0 Å². The van der Waals surface area contributed by atoms with Crippen LogP contribution in [0.4, 0.5) is 5.69 Å². The standard InChI is InChI=1S/C12H16NO/c1-12(2)9-13(7-8-14)11-6-4-3-5-10(11)12/h3-6,9,14H,7-8H2,1-2H3. The van der Waals surface area contributed by atoms with E-state index in [0.29, 0.717) is 6.54 Å². The summed E-state index contributed by atoms with van der Waals surface area (Å²) in [6.45, 7) is 7.46. The summed E-state index contributed by atoms with van der Waals surface area (Å²) in [6.07, 6.45) is 0. The topological polar surface area (TPSA) is 23.5 Å². The summed E-state index contributed by atoms with van der Waals surface area (Å²) >= 11 is 0. The van der Waals surface area contributed by atoms with E-state index in [2.05, 4.69) is 43.5 Å². The van der Waals surface area contributed by atoms with Crippen LogP contribution in [0, 0.1) is 6.54 Å². The van der Waals surface area contributed by atoms with E-state index >= 15 is 0 Å². The van der Waals surface area contributed by atoms with Crippen LogP contribution in [0.15, 0.2) is 24.3 Å². The molecular formula is C12H16NO. The Labute approximate surface area is 85.2 Å². The predicted octanol–water partition coefficient (Wildman–Crippen LogP) is 1.94. The number of β-amino-alcohol motifs (C(OH)–C–C–N with tert-alkyl or cyclic N) is 1. The highest BCUT2D eigenvalue weighted by molar-refractivity contribution is 5.64. The van der Waals surface area contributed by atoms with Crippen molar-refractivity contribution in [1.82, 2.24) is 0 Å². The zero-order chi connectivity index (χ0) is 10.2. The largest absolute Gasteiger partial charge is 0.395 e. The third kappa shape index (κ3) is 1.40. The normalized spacial score (nSPS) is 18.4. The van der Waals surface area contributed by atoms with Gasteiger partial charge in [-0.05, 0) is 11.6 Å². The van der Waals surface area contributed by atoms with Crippen molar-refractivity contribution in [2.45, 2.75) is 19.3 Å². The highest BCUT2D eigenvalue weighted by Gasteiger charge is 2.34. The van der Waals surface area contributed by atoms with E-state index in [4.69, 9.17) is 5.11 Å². The average molecular weight is 190 g/mol. The number of rotatable bonds is 2. The molecule has 1 aliphatic heterocycles. The number of hydrogen-bond donors (Lipinski definition) is 1. The molecule has 0 saturated heterocycles. The lowest BCUT2D eigenvalue weighted by Crippen LogP contribution is -2.25. The van der Waals surface area contributed by atoms with Crippen molar-refractivity contribution in [2.75, 3.05) is 18.1 Å². The predicted molar refractivity (Wildman–Crippen MR) is 58.2 cm³/mol. The highest BCUT2D eigenvalue weighted by Crippen LogP contribution is 2.42. The first-order valence-electron chi connectivity index (χ1n) is 4.98. The Hall–Kier alpha value is -1.02. The van der Waals surface area contributed by atoms with Crippen LogP contribution < -0.4 is 4.90 Å². The van der Waals surface area contributed by atoms with Crippen LogP contribution in [0.5, 0.6) is 0 Å². The van der Waals surface area contributed by atoms with Crippen molar-refractivity contribution in [1.29, 1.82) is 0 Å². The lowest BCUT2D eigenvalue weighted by Gasteiger charge is -2.20. The Bertz CT molecular complexity index is 333. The van der Waals surface area contributed by atoms with Crippen molar-refractivity contribution in [2.24, 2.45) is 0 Å². The van der Waals surface area contributed by atoms with Crippen molar-refractivity contribution in [3.05, 3.63) is 36.4 Å². The Morgan fingerprint density at radius 3 is 2.71 bits per heavy atom. The molecule has 0 saturated carbocycles. The first-order chi connectivity index (χ1) is 6.65. The van der Waals surface area contributed by atoms with Crippen molar-refractivity contribution in [3.8, 4) is 0 Å². The molecule has 2 rings (SSSR count). The minimum absolute atomic E-state index is 0.0891. The Kier molecular flexibility index (Phi) is 2.23. The molecular weight excluding hydrogens is 174 g/mol. The van der Waals surface area contributed by atoms with E-state index in [9.17, 15) is 0 Å². The monoisotopic (exact) mass is 190 g/mol. The number of hydrogen-bond acceptors (Lipinski definition) is 2. The Balaban J connectivity index is 2.39. The van der Waals surface area contributed by atoms with Crippen LogP contribution in [0.1, 0.15) is 19.4 Å². The summed E-state index contributed by atoms with van der Waals surface area (Å²) in [4.78, 5) is 2.13. The third-order valence-corrected chi connectivity index (χ3v) is 2.73. The van der Waals surface area contributed by atoms with Crippen LogP contribution in [0.2, 0.25) is 0 Å². The molecule has 14 heavy (non-hydrogen) atoms. The van der Waals surface area contributed by atoms with Gasteiger partial charge in [0.15, 0.2) is 0 Å². The van der Waals surface area contributed by atoms with Gasteiger partial charge in [-0.3, -0.25) is 0 Å². The number of fused-ring (bicyclic) bond motifs is 1. The summed E-state index contributed by atoms with van der Waals surface area (Å²) in [5.41, 5.74) is 2.66. The van der Waals surface area contributed by atoms with Gasteiger partial charge in [0.05, 0.1) is 13.2 Å². The fraction of sp³-hybridized carbons (Fsp3) is 0.417. The molecule has 0 bridgehead atoms. The van der Waals surface area contributed by atoms with Crippen molar-refractivity contribution >= 4 is 5.69 Å². The van der Waals surface area contributed by atoms with Crippen LogP contribution in [-0.2, 0) is 5.41 Å². The number of nitrogens with zero attached hydrogens (tertiary/aromatic N) is 1. The quantitative estimate of drug-likeness (QED) is 0.770. The van der Waals surface area contributed by atoms with Gasteiger partial charge in [-0.1, -0.05) is 32.0 Å². The summed E-state index contributed by atoms with van der Waals surface area (Å²) in [5, 5.41) is 8.96. The molecule has 0 atom stereocenters. The lowest BCUT2D eigenvalue weighted by atomic mass is 9.87. The summed E-state index contributed by atoms with van der Waals surface area (Å²) in [7, 11) is 0. The van der Waals surface area contributed by atoms with E-state index in [1.54, 1.807) is 0 Å². The average Bonchev–Trinajstić information content (AvgIpc) is 2.41. The van der Waals surface area contributed by atoms with Crippen LogP contribution in [0.3, 0.4) is 0 Å². The van der Waals surface area contributed by atoms with Crippen LogP contribution in [0.25, 0.3) is 0 Å². The molecule has 0 fully saturated rings. The highest BCUT2D eigenvalue weighted by atomic mass is 16.3. The maximum absolute atomic E-state index is 8.96. The van der Waals surface area contributed by atoms with Gasteiger partial charge < -0.3 is 10.0 Å². The van der Waals surface area contributed by atoms with Gasteiger partial charge in [0.2, 0.25) is 0 Å². The number of aliphatic hydroxyl groups excluding tert-OH is 1. The van der Waals surface area contributed by atoms with E-state index < -0.39 is 0 Å². The van der Waals surface area contributed by atoms with E-state index in [-0.39, 0.29) is 12.0 Å². The molecule has 1 aromatic rings. The first-order valence-corrected chi connectivity index (χ1v) is 4.98. The molecule has 0 spiro atoms. The van der Waals surface area contributed by atoms with Gasteiger partial charge in [-0.15, -0.1) is 0 Å². The van der Waals surface area contributed by atoms with Gasteiger partial charge in [0.25, 0.3) is 0 Å². The second-order valence-corrected chi connectivity index (χ2v) is 4.28. The number of para-hydroxylation sites is 1. The Morgan fingerprint density at radius 2 is 2.00 bits per heavy atom. The zero-order valence-corrected chi connectivity index (χ0v) is 8.70. The summed E-state index contributed by atoms with van der Waals surface area (Å²) < 4.78 is 0. The van der Waals surface area contributed by atoms with E-state index in [1.807, 2.05) is 6.07 Å². The molecule has 1 radical (unpaired) electrons. The minimum Gasteiger partial charge on any atom is -0.395 e. The molecule has 1 aliphatic rings. The fourth-order valence-corrected chi connectivity index (χ4v) is 2.09. The van der Waals surface area contributed by atoms with Gasteiger partial charge in [0, 0.05) is 17.6 Å². The molecule has 0 aromatic heterocycles. The Morgan fingerprint density at radius 1 is 1.29 bits per heavy atom. The van der Waals surface area contributed by atoms with Crippen molar-refractivity contribution in [3.63, 3.8) is 0 Å². The van der Waals surface area contributed by atoms with Crippen LogP contribution in [-0.4, -0.2) is 18.3 Å². The summed E-state index contributed by atoms with van der Waals surface area (Å²) in [5.74, 6) is 0.